The number of carbonyl (C=O) groups is 2. The molecule has 0 bridgehead atoms. The van der Waals surface area contributed by atoms with Crippen molar-refractivity contribution in [3.05, 3.63) is 46.2 Å². The topological polar surface area (TPSA) is 99.4 Å². The number of aliphatic carboxylic acids is 1. The first kappa shape index (κ1) is 18.9. The zero-order valence-corrected chi connectivity index (χ0v) is 15.6. The summed E-state index contributed by atoms with van der Waals surface area (Å²) in [7, 11) is 1.47. The maximum atomic E-state index is 12.7. The predicted octanol–water partition coefficient (Wildman–Crippen LogP) is 3.39. The first-order valence-corrected chi connectivity index (χ1v) is 9.40. The van der Waals surface area contributed by atoms with Gasteiger partial charge in [-0.1, -0.05) is 18.2 Å². The number of ether oxygens (including phenoxy) is 1. The summed E-state index contributed by atoms with van der Waals surface area (Å²) in [6.45, 7) is 0. The summed E-state index contributed by atoms with van der Waals surface area (Å²) in [5, 5.41) is 26.8. The Hall–Kier alpha value is -2.87. The van der Waals surface area contributed by atoms with Crippen molar-refractivity contribution in [2.24, 2.45) is 5.10 Å². The van der Waals surface area contributed by atoms with Crippen LogP contribution in [0.1, 0.15) is 42.2 Å². The maximum absolute atomic E-state index is 12.7. The summed E-state index contributed by atoms with van der Waals surface area (Å²) in [6, 6.07) is 8.47. The molecule has 1 aromatic carbocycles. The molecule has 2 aromatic rings. The second-order valence-electron chi connectivity index (χ2n) is 6.13. The number of amides is 1. The van der Waals surface area contributed by atoms with Gasteiger partial charge in [0, 0.05) is 24.8 Å². The minimum atomic E-state index is -0.932. The van der Waals surface area contributed by atoms with Gasteiger partial charge < -0.3 is 14.9 Å². The van der Waals surface area contributed by atoms with Gasteiger partial charge in [-0.05, 0) is 23.9 Å². The Labute approximate surface area is 160 Å². The van der Waals surface area contributed by atoms with Gasteiger partial charge in [-0.2, -0.15) is 5.10 Å². The molecule has 0 radical (unpaired) electrons. The van der Waals surface area contributed by atoms with Crippen molar-refractivity contribution in [1.29, 1.82) is 0 Å². The largest absolute Gasteiger partial charge is 0.504 e. The molecule has 142 valence electrons. The number of carbonyl (C=O) groups excluding carboxylic acids is 1. The van der Waals surface area contributed by atoms with Crippen LogP contribution in [-0.2, 0) is 9.59 Å². The first-order chi connectivity index (χ1) is 13.0. The number of hydrogen-bond acceptors (Lipinski definition) is 6. The van der Waals surface area contributed by atoms with Crippen LogP contribution < -0.4 is 4.74 Å². The van der Waals surface area contributed by atoms with E-state index in [1.807, 2.05) is 17.5 Å². The van der Waals surface area contributed by atoms with Crippen LogP contribution in [0.4, 0.5) is 0 Å². The number of thiophene rings is 1. The molecule has 3 rings (SSSR count). The summed E-state index contributed by atoms with van der Waals surface area (Å²) >= 11 is 1.54. The van der Waals surface area contributed by atoms with Gasteiger partial charge in [0.15, 0.2) is 11.5 Å². The Morgan fingerprint density at radius 3 is 2.78 bits per heavy atom. The lowest BCUT2D eigenvalue weighted by Crippen LogP contribution is -2.27. The number of hydrogen-bond donors (Lipinski definition) is 2. The van der Waals surface area contributed by atoms with Crippen LogP contribution in [0.3, 0.4) is 0 Å². The maximum Gasteiger partial charge on any atom is 0.303 e. The van der Waals surface area contributed by atoms with E-state index >= 15 is 0 Å². The zero-order chi connectivity index (χ0) is 19.4. The normalized spacial score (nSPS) is 16.3. The van der Waals surface area contributed by atoms with Crippen molar-refractivity contribution in [1.82, 2.24) is 5.01 Å². The van der Waals surface area contributed by atoms with Crippen LogP contribution in [-0.4, -0.2) is 39.9 Å². The van der Waals surface area contributed by atoms with E-state index < -0.39 is 12.0 Å². The summed E-state index contributed by atoms with van der Waals surface area (Å²) in [5.41, 5.74) is 1.45. The lowest BCUT2D eigenvalue weighted by Gasteiger charge is -2.24. The number of rotatable bonds is 7. The van der Waals surface area contributed by atoms with Crippen molar-refractivity contribution in [3.63, 3.8) is 0 Å². The lowest BCUT2D eigenvalue weighted by atomic mass is 9.99. The van der Waals surface area contributed by atoms with Gasteiger partial charge in [0.2, 0.25) is 5.91 Å². The van der Waals surface area contributed by atoms with Crippen molar-refractivity contribution in [2.75, 3.05) is 7.11 Å². The SMILES string of the molecule is COc1c(O)cccc1[C@@H]1CC(c2cccs2)=NN1C(=O)CCCC(=O)O. The van der Waals surface area contributed by atoms with Crippen molar-refractivity contribution >= 4 is 28.9 Å². The third-order valence-electron chi connectivity index (χ3n) is 4.34. The fourth-order valence-corrected chi connectivity index (χ4v) is 3.83. The molecule has 1 aromatic heterocycles. The molecule has 0 saturated carbocycles. The second kappa shape index (κ2) is 8.22. The molecule has 27 heavy (non-hydrogen) atoms. The molecule has 2 heterocycles. The molecule has 0 saturated heterocycles. The molecule has 8 heteroatoms. The highest BCUT2D eigenvalue weighted by Crippen LogP contribution is 2.41. The minimum Gasteiger partial charge on any atom is -0.504 e. The molecule has 2 N–H and O–H groups in total. The average molecular weight is 388 g/mol. The Kier molecular flexibility index (Phi) is 5.75. The number of phenols is 1. The molecule has 0 spiro atoms. The van der Waals surface area contributed by atoms with Gasteiger partial charge in [0.25, 0.3) is 0 Å². The summed E-state index contributed by atoms with van der Waals surface area (Å²) in [5.74, 6) is -0.872. The van der Waals surface area contributed by atoms with Crippen molar-refractivity contribution in [2.45, 2.75) is 31.7 Å². The van der Waals surface area contributed by atoms with Crippen LogP contribution in [0.25, 0.3) is 0 Å². The molecule has 0 unspecified atom stereocenters. The Morgan fingerprint density at radius 1 is 1.30 bits per heavy atom. The number of methoxy groups -OCH3 is 1. The van der Waals surface area contributed by atoms with E-state index in [2.05, 4.69) is 5.10 Å². The van der Waals surface area contributed by atoms with Gasteiger partial charge in [-0.15, -0.1) is 11.3 Å². The molecular weight excluding hydrogens is 368 g/mol. The molecular formula is C19H20N2O5S. The number of carboxylic acids is 1. The number of aromatic hydroxyl groups is 1. The summed E-state index contributed by atoms with van der Waals surface area (Å²) < 4.78 is 5.34. The molecule has 1 aliphatic rings. The van der Waals surface area contributed by atoms with Crippen LogP contribution >= 0.6 is 11.3 Å². The second-order valence-corrected chi connectivity index (χ2v) is 7.08. The quantitative estimate of drug-likeness (QED) is 0.757. The number of nitrogens with zero attached hydrogens (tertiary/aromatic N) is 2. The number of hydrazone groups is 1. The van der Waals surface area contributed by atoms with Gasteiger partial charge in [0.1, 0.15) is 0 Å². The molecule has 0 fully saturated rings. The van der Waals surface area contributed by atoms with E-state index in [4.69, 9.17) is 9.84 Å². The van der Waals surface area contributed by atoms with E-state index in [0.29, 0.717) is 17.7 Å². The molecule has 0 aliphatic carbocycles. The average Bonchev–Trinajstić information content (AvgIpc) is 3.30. The number of para-hydroxylation sites is 1. The van der Waals surface area contributed by atoms with E-state index in [-0.39, 0.29) is 30.9 Å². The van der Waals surface area contributed by atoms with Crippen LogP contribution in [0, 0.1) is 0 Å². The highest BCUT2D eigenvalue weighted by Gasteiger charge is 2.35. The number of benzene rings is 1. The van der Waals surface area contributed by atoms with E-state index in [9.17, 15) is 14.7 Å². The zero-order valence-electron chi connectivity index (χ0n) is 14.8. The number of phenolic OH excluding ortho intramolecular Hbond substituents is 1. The highest BCUT2D eigenvalue weighted by molar-refractivity contribution is 7.12. The van der Waals surface area contributed by atoms with E-state index in [0.717, 1.165) is 10.6 Å². The molecule has 1 atom stereocenters. The van der Waals surface area contributed by atoms with Crippen molar-refractivity contribution < 1.29 is 24.5 Å². The van der Waals surface area contributed by atoms with Gasteiger partial charge in [-0.25, -0.2) is 5.01 Å². The van der Waals surface area contributed by atoms with E-state index in [1.54, 1.807) is 12.1 Å². The Morgan fingerprint density at radius 2 is 2.11 bits per heavy atom. The standard InChI is InChI=1S/C19H20N2O5S/c1-26-19-12(5-2-6-15(19)22)14-11-13(16-7-4-10-27-16)20-21(14)17(23)8-3-9-18(24)25/h2,4-7,10,14,22H,3,8-9,11H2,1H3,(H,24,25)/t14-/m0/s1. The summed E-state index contributed by atoms with van der Waals surface area (Å²) in [4.78, 5) is 24.4. The smallest absolute Gasteiger partial charge is 0.303 e. The monoisotopic (exact) mass is 388 g/mol. The molecule has 1 aliphatic heterocycles. The molecule has 1 amide bonds. The van der Waals surface area contributed by atoms with Gasteiger partial charge in [0.05, 0.1) is 23.7 Å². The Balaban J connectivity index is 1.90. The summed E-state index contributed by atoms with van der Waals surface area (Å²) in [6.07, 6.45) is 0.760. The fraction of sp³-hybridized carbons (Fsp3) is 0.316. The number of carboxylic acid groups (broad SMARTS) is 1. The molecule has 7 nitrogen and oxygen atoms in total. The van der Waals surface area contributed by atoms with Gasteiger partial charge in [-0.3, -0.25) is 9.59 Å². The highest BCUT2D eigenvalue weighted by atomic mass is 32.1. The van der Waals surface area contributed by atoms with Crippen LogP contribution in [0.5, 0.6) is 11.5 Å². The predicted molar refractivity (Wildman–Crippen MR) is 101 cm³/mol. The van der Waals surface area contributed by atoms with E-state index in [1.165, 1.54) is 29.5 Å². The first-order valence-electron chi connectivity index (χ1n) is 8.52. The third-order valence-corrected chi connectivity index (χ3v) is 5.26. The lowest BCUT2D eigenvalue weighted by molar-refractivity contribution is -0.137. The van der Waals surface area contributed by atoms with Crippen molar-refractivity contribution in [3.8, 4) is 11.5 Å². The van der Waals surface area contributed by atoms with Crippen LogP contribution in [0.15, 0.2) is 40.8 Å². The minimum absolute atomic E-state index is 0.00199. The Bertz CT molecular complexity index is 863. The fourth-order valence-electron chi connectivity index (χ4n) is 3.11. The van der Waals surface area contributed by atoms with Gasteiger partial charge >= 0.3 is 5.97 Å². The third kappa shape index (κ3) is 4.11. The van der Waals surface area contributed by atoms with Crippen LogP contribution in [0.2, 0.25) is 0 Å².